The van der Waals surface area contributed by atoms with Gasteiger partial charge in [-0.25, -0.2) is 9.62 Å². The van der Waals surface area contributed by atoms with Crippen LogP contribution < -0.4 is 0 Å². The van der Waals surface area contributed by atoms with Crippen molar-refractivity contribution in [1.29, 1.82) is 5.26 Å². The molecule has 2 aromatic carbocycles. The molecule has 4 heterocycles. The van der Waals surface area contributed by atoms with E-state index in [0.717, 1.165) is 29.7 Å². The van der Waals surface area contributed by atoms with Crippen LogP contribution in [0.25, 0.3) is 11.0 Å². The average molecular weight is 451 g/mol. The number of nitrogens with one attached hydrogen (secondary N) is 1. The fourth-order valence-electron chi connectivity index (χ4n) is 5.21. The Kier molecular flexibility index (Phi) is 4.91. The zero-order valence-electron chi connectivity index (χ0n) is 18.3. The number of piperidine rings is 1. The van der Waals surface area contributed by atoms with Crippen LogP contribution in [0.5, 0.6) is 0 Å². The summed E-state index contributed by atoms with van der Waals surface area (Å²) in [4.78, 5) is 19.6. The number of rotatable bonds is 3. The molecular formula is C25H21N7O2. The highest BCUT2D eigenvalue weighted by Gasteiger charge is 2.41. The van der Waals surface area contributed by atoms with E-state index >= 15 is 0 Å². The van der Waals surface area contributed by atoms with Crippen molar-refractivity contribution in [2.75, 3.05) is 13.1 Å². The first-order valence-corrected chi connectivity index (χ1v) is 11.3. The molecule has 9 nitrogen and oxygen atoms in total. The second-order valence-electron chi connectivity index (χ2n) is 8.71. The van der Waals surface area contributed by atoms with E-state index in [4.69, 9.17) is 9.62 Å². The smallest absolute Gasteiger partial charge is 0.253 e. The summed E-state index contributed by atoms with van der Waals surface area (Å²) < 4.78 is 4.97. The standard InChI is InChI=1S/C25H21N7O2/c26-13-18-21(17-7-4-8-20-23(17)31-34-30-20)19-14-27-29-24(19)28-22(18)15-9-11-32(12-10-15)25(33)16-5-2-1-3-6-16/h1-8,14-15,18,21H,9-12H2,(H,27,29). The van der Waals surface area contributed by atoms with E-state index in [2.05, 4.69) is 26.6 Å². The lowest BCUT2D eigenvalue weighted by atomic mass is 9.72. The molecule has 9 heteroatoms. The number of aliphatic imine (C=N–C) groups is 1. The number of amides is 1. The number of carbonyl (C=O) groups excluding carboxylic acids is 1. The van der Waals surface area contributed by atoms with Gasteiger partial charge in [-0.15, -0.1) is 0 Å². The van der Waals surface area contributed by atoms with Crippen molar-refractivity contribution in [3.8, 4) is 6.07 Å². The lowest BCUT2D eigenvalue weighted by Gasteiger charge is -2.36. The first kappa shape index (κ1) is 20.3. The van der Waals surface area contributed by atoms with E-state index in [0.29, 0.717) is 35.5 Å². The number of likely N-dealkylation sites (tertiary alicyclic amines) is 1. The van der Waals surface area contributed by atoms with Gasteiger partial charge >= 0.3 is 0 Å². The SMILES string of the molecule is N#CC1C(C2CCN(C(=O)c3ccccc3)CC2)=Nc2[nH]ncc2C1c1cccc2nonc12. The van der Waals surface area contributed by atoms with Gasteiger partial charge in [-0.3, -0.25) is 9.89 Å². The predicted molar refractivity (Wildman–Crippen MR) is 124 cm³/mol. The number of fused-ring (bicyclic) bond motifs is 2. The van der Waals surface area contributed by atoms with Crippen molar-refractivity contribution in [3.63, 3.8) is 0 Å². The Morgan fingerprint density at radius 2 is 1.88 bits per heavy atom. The molecule has 1 saturated heterocycles. The molecule has 6 rings (SSSR count). The maximum Gasteiger partial charge on any atom is 0.253 e. The number of aromatic nitrogens is 4. The fraction of sp³-hybridized carbons (Fsp3) is 0.280. The topological polar surface area (TPSA) is 124 Å². The summed E-state index contributed by atoms with van der Waals surface area (Å²) >= 11 is 0. The van der Waals surface area contributed by atoms with E-state index in [1.54, 1.807) is 6.20 Å². The van der Waals surface area contributed by atoms with Crippen molar-refractivity contribution < 1.29 is 9.42 Å². The Balaban J connectivity index is 1.31. The predicted octanol–water partition coefficient (Wildman–Crippen LogP) is 3.86. The van der Waals surface area contributed by atoms with Crippen molar-refractivity contribution >= 4 is 28.5 Å². The van der Waals surface area contributed by atoms with Crippen molar-refractivity contribution in [3.05, 3.63) is 71.4 Å². The van der Waals surface area contributed by atoms with Crippen molar-refractivity contribution in [2.45, 2.75) is 18.8 Å². The fourth-order valence-corrected chi connectivity index (χ4v) is 5.21. The minimum atomic E-state index is -0.478. The number of hydrogen-bond donors (Lipinski definition) is 1. The molecular weight excluding hydrogens is 430 g/mol. The number of H-pyrrole nitrogens is 1. The number of benzene rings is 2. The lowest BCUT2D eigenvalue weighted by Crippen LogP contribution is -2.42. The number of carbonyl (C=O) groups is 1. The Labute approximate surface area is 195 Å². The summed E-state index contributed by atoms with van der Waals surface area (Å²) in [6.45, 7) is 1.25. The van der Waals surface area contributed by atoms with Gasteiger partial charge in [-0.1, -0.05) is 30.3 Å². The van der Waals surface area contributed by atoms with Gasteiger partial charge in [0.2, 0.25) is 0 Å². The zero-order valence-corrected chi connectivity index (χ0v) is 18.3. The van der Waals surface area contributed by atoms with Gasteiger partial charge in [0.05, 0.1) is 18.2 Å². The zero-order chi connectivity index (χ0) is 23.1. The van der Waals surface area contributed by atoms with Gasteiger partial charge in [-0.2, -0.15) is 10.4 Å². The Bertz CT molecular complexity index is 1420. The van der Waals surface area contributed by atoms with E-state index in [1.165, 1.54) is 0 Å². The van der Waals surface area contributed by atoms with Gasteiger partial charge in [0.1, 0.15) is 11.0 Å². The average Bonchev–Trinajstić information content (AvgIpc) is 3.57. The third-order valence-corrected chi connectivity index (χ3v) is 6.89. The number of nitrogens with zero attached hydrogens (tertiary/aromatic N) is 6. The largest absolute Gasteiger partial charge is 0.339 e. The second-order valence-corrected chi connectivity index (χ2v) is 8.71. The number of hydrogen-bond acceptors (Lipinski definition) is 7. The number of nitriles is 1. The highest BCUT2D eigenvalue weighted by Crippen LogP contribution is 2.45. The van der Waals surface area contributed by atoms with E-state index < -0.39 is 5.92 Å². The van der Waals surface area contributed by atoms with E-state index in [1.807, 2.05) is 53.4 Å². The van der Waals surface area contributed by atoms with Gasteiger partial charge in [0, 0.05) is 41.8 Å². The summed E-state index contributed by atoms with van der Waals surface area (Å²) in [6, 6.07) is 17.6. The summed E-state index contributed by atoms with van der Waals surface area (Å²) in [5.41, 5.74) is 4.56. The first-order valence-electron chi connectivity index (χ1n) is 11.3. The molecule has 2 unspecified atom stereocenters. The van der Waals surface area contributed by atoms with Gasteiger partial charge in [0.25, 0.3) is 5.91 Å². The van der Waals surface area contributed by atoms with Gasteiger partial charge in [0.15, 0.2) is 5.82 Å². The maximum atomic E-state index is 12.9. The molecule has 168 valence electrons. The molecule has 1 fully saturated rings. The molecule has 1 amide bonds. The summed E-state index contributed by atoms with van der Waals surface area (Å²) in [7, 11) is 0. The van der Waals surface area contributed by atoms with Crippen LogP contribution in [-0.2, 0) is 0 Å². The molecule has 4 aromatic rings. The molecule has 34 heavy (non-hydrogen) atoms. The molecule has 2 aliphatic rings. The molecule has 2 aliphatic heterocycles. The van der Waals surface area contributed by atoms with Gasteiger partial charge < -0.3 is 4.90 Å². The van der Waals surface area contributed by atoms with Crippen molar-refractivity contribution in [2.24, 2.45) is 16.8 Å². The monoisotopic (exact) mass is 451 g/mol. The normalized spacial score (nSPS) is 20.6. The molecule has 0 spiro atoms. The van der Waals surface area contributed by atoms with Crippen LogP contribution >= 0.6 is 0 Å². The minimum absolute atomic E-state index is 0.0420. The molecule has 0 aliphatic carbocycles. The lowest BCUT2D eigenvalue weighted by molar-refractivity contribution is 0.0709. The molecule has 0 radical (unpaired) electrons. The van der Waals surface area contributed by atoms with Crippen LogP contribution in [0.1, 0.15) is 40.2 Å². The maximum absolute atomic E-state index is 12.9. The van der Waals surface area contributed by atoms with E-state index in [9.17, 15) is 10.1 Å². The third-order valence-electron chi connectivity index (χ3n) is 6.89. The van der Waals surface area contributed by atoms with Crippen LogP contribution in [0.15, 0.2) is 64.3 Å². The molecule has 2 aromatic heterocycles. The molecule has 2 atom stereocenters. The number of aromatic amines is 1. The highest BCUT2D eigenvalue weighted by atomic mass is 16.6. The van der Waals surface area contributed by atoms with Crippen LogP contribution in [0, 0.1) is 23.2 Å². The second kappa shape index (κ2) is 8.23. The summed E-state index contributed by atoms with van der Waals surface area (Å²) in [5.74, 6) is 0.0424. The van der Waals surface area contributed by atoms with Crippen LogP contribution in [0.2, 0.25) is 0 Å². The van der Waals surface area contributed by atoms with E-state index in [-0.39, 0.29) is 17.7 Å². The molecule has 0 bridgehead atoms. The Morgan fingerprint density at radius 3 is 2.68 bits per heavy atom. The third kappa shape index (κ3) is 3.27. The first-order chi connectivity index (χ1) is 16.7. The van der Waals surface area contributed by atoms with Crippen LogP contribution in [0.3, 0.4) is 0 Å². The van der Waals surface area contributed by atoms with Gasteiger partial charge in [-0.05, 0) is 46.9 Å². The quantitative estimate of drug-likeness (QED) is 0.504. The Hall–Kier alpha value is -4.32. The molecule has 1 N–H and O–H groups in total. The summed E-state index contributed by atoms with van der Waals surface area (Å²) in [5, 5.41) is 25.6. The minimum Gasteiger partial charge on any atom is -0.339 e. The summed E-state index contributed by atoms with van der Waals surface area (Å²) in [6.07, 6.45) is 3.24. The Morgan fingerprint density at radius 1 is 1.06 bits per heavy atom. The molecule has 0 saturated carbocycles. The van der Waals surface area contributed by atoms with Crippen LogP contribution in [0.4, 0.5) is 5.82 Å². The van der Waals surface area contributed by atoms with Crippen molar-refractivity contribution in [1.82, 2.24) is 25.4 Å². The van der Waals surface area contributed by atoms with Crippen LogP contribution in [-0.4, -0.2) is 50.1 Å². The highest BCUT2D eigenvalue weighted by molar-refractivity contribution is 5.98.